The molecule has 3 rings (SSSR count). The van der Waals surface area contributed by atoms with Crippen molar-refractivity contribution in [2.45, 2.75) is 0 Å². The molecule has 0 aliphatic heterocycles. The van der Waals surface area contributed by atoms with Gasteiger partial charge in [0, 0.05) is 22.9 Å². The summed E-state index contributed by atoms with van der Waals surface area (Å²) in [7, 11) is 0. The van der Waals surface area contributed by atoms with Crippen LogP contribution < -0.4 is 5.32 Å². The first kappa shape index (κ1) is 13.5. The molecule has 0 atom stereocenters. The fourth-order valence-electron chi connectivity index (χ4n) is 1.84. The lowest BCUT2D eigenvalue weighted by atomic mass is 10.2. The first-order chi connectivity index (χ1) is 10.2. The van der Waals surface area contributed by atoms with Crippen LogP contribution in [0.25, 0.3) is 5.82 Å². The number of anilines is 1. The number of nitrogens with zero attached hydrogens (tertiary/aromatic N) is 3. The van der Waals surface area contributed by atoms with Crippen LogP contribution in [0.15, 0.2) is 65.4 Å². The Hall–Kier alpha value is -2.47. The average Bonchev–Trinajstić information content (AvgIpc) is 2.97. The Morgan fingerprint density at radius 2 is 1.90 bits per heavy atom. The van der Waals surface area contributed by atoms with Crippen molar-refractivity contribution in [1.29, 1.82) is 0 Å². The van der Waals surface area contributed by atoms with Crippen LogP contribution in [0.2, 0.25) is 0 Å². The summed E-state index contributed by atoms with van der Waals surface area (Å²) >= 11 is 3.36. The minimum absolute atomic E-state index is 0.214. The molecule has 6 heteroatoms. The molecule has 1 amide bonds. The highest BCUT2D eigenvalue weighted by molar-refractivity contribution is 9.10. The van der Waals surface area contributed by atoms with Crippen molar-refractivity contribution in [3.63, 3.8) is 0 Å². The number of carbonyl (C=O) groups excluding carboxylic acids is 1. The van der Waals surface area contributed by atoms with Crippen LogP contribution in [0.1, 0.15) is 10.4 Å². The second kappa shape index (κ2) is 5.88. The molecular weight excluding hydrogens is 332 g/mol. The van der Waals surface area contributed by atoms with Gasteiger partial charge in [0.1, 0.15) is 0 Å². The van der Waals surface area contributed by atoms with Crippen LogP contribution in [0, 0.1) is 0 Å². The first-order valence-electron chi connectivity index (χ1n) is 6.27. The fourth-order valence-corrected chi connectivity index (χ4v) is 2.30. The Balaban J connectivity index is 1.79. The van der Waals surface area contributed by atoms with Crippen LogP contribution in [0.4, 0.5) is 5.82 Å². The van der Waals surface area contributed by atoms with Gasteiger partial charge >= 0.3 is 0 Å². The van der Waals surface area contributed by atoms with Gasteiger partial charge in [0.25, 0.3) is 5.91 Å². The number of amides is 1. The third-order valence-corrected chi connectivity index (χ3v) is 3.52. The van der Waals surface area contributed by atoms with Crippen molar-refractivity contribution in [2.75, 3.05) is 5.32 Å². The van der Waals surface area contributed by atoms with Gasteiger partial charge in [-0.1, -0.05) is 18.2 Å². The molecule has 1 N–H and O–H groups in total. The number of pyridine rings is 1. The lowest BCUT2D eigenvalue weighted by Crippen LogP contribution is -2.13. The summed E-state index contributed by atoms with van der Waals surface area (Å²) < 4.78 is 2.35. The second-order valence-electron chi connectivity index (χ2n) is 4.27. The number of hydrogen-bond donors (Lipinski definition) is 1. The summed E-state index contributed by atoms with van der Waals surface area (Å²) in [6.07, 6.45) is 3.44. The Morgan fingerprint density at radius 1 is 1.10 bits per heavy atom. The number of aromatic nitrogens is 3. The summed E-state index contributed by atoms with van der Waals surface area (Å²) in [6, 6.07) is 14.5. The van der Waals surface area contributed by atoms with E-state index in [1.165, 1.54) is 0 Å². The molecule has 0 aliphatic rings. The monoisotopic (exact) mass is 342 g/mol. The summed E-state index contributed by atoms with van der Waals surface area (Å²) in [4.78, 5) is 16.4. The molecular formula is C15H11BrN4O. The van der Waals surface area contributed by atoms with Gasteiger partial charge < -0.3 is 5.32 Å². The first-order valence-corrected chi connectivity index (χ1v) is 7.06. The Bertz CT molecular complexity index is 770. The molecule has 5 nitrogen and oxygen atoms in total. The molecule has 0 radical (unpaired) electrons. The van der Waals surface area contributed by atoms with Crippen LogP contribution in [-0.4, -0.2) is 20.7 Å². The molecule has 0 saturated carbocycles. The lowest BCUT2D eigenvalue weighted by molar-refractivity contribution is 0.102. The minimum Gasteiger partial charge on any atom is -0.305 e. The zero-order valence-corrected chi connectivity index (χ0v) is 12.5. The standard InChI is InChI=1S/C15H11BrN4O/c16-12-6-2-1-5-11(12)15(21)18-13-8-10-20(19-13)14-7-3-4-9-17-14/h1-10H,(H,18,19,21). The number of carbonyl (C=O) groups is 1. The van der Waals surface area contributed by atoms with E-state index in [0.29, 0.717) is 17.2 Å². The molecule has 2 heterocycles. The smallest absolute Gasteiger partial charge is 0.258 e. The number of rotatable bonds is 3. The van der Waals surface area contributed by atoms with E-state index >= 15 is 0 Å². The normalized spacial score (nSPS) is 10.3. The lowest BCUT2D eigenvalue weighted by Gasteiger charge is -2.04. The molecule has 0 bridgehead atoms. The molecule has 2 aromatic heterocycles. The van der Waals surface area contributed by atoms with Crippen molar-refractivity contribution >= 4 is 27.7 Å². The third-order valence-electron chi connectivity index (χ3n) is 2.83. The fraction of sp³-hybridized carbons (Fsp3) is 0. The van der Waals surface area contributed by atoms with Gasteiger partial charge in [0.2, 0.25) is 0 Å². The predicted octanol–water partition coefficient (Wildman–Crippen LogP) is 3.28. The average molecular weight is 343 g/mol. The maximum atomic E-state index is 12.2. The maximum Gasteiger partial charge on any atom is 0.258 e. The van der Waals surface area contributed by atoms with Crippen molar-refractivity contribution < 1.29 is 4.79 Å². The molecule has 0 unspecified atom stereocenters. The van der Waals surface area contributed by atoms with Crippen molar-refractivity contribution in [3.05, 3.63) is 71.0 Å². The van der Waals surface area contributed by atoms with Crippen molar-refractivity contribution in [1.82, 2.24) is 14.8 Å². The van der Waals surface area contributed by atoms with E-state index in [9.17, 15) is 4.79 Å². The predicted molar refractivity (Wildman–Crippen MR) is 83.5 cm³/mol. The molecule has 0 aliphatic carbocycles. The van der Waals surface area contributed by atoms with Gasteiger partial charge in [-0.05, 0) is 40.2 Å². The summed E-state index contributed by atoms with van der Waals surface area (Å²) in [5.41, 5.74) is 0.560. The second-order valence-corrected chi connectivity index (χ2v) is 5.12. The molecule has 0 saturated heterocycles. The number of nitrogens with one attached hydrogen (secondary N) is 1. The molecule has 0 fully saturated rings. The minimum atomic E-state index is -0.214. The number of halogens is 1. The Morgan fingerprint density at radius 3 is 2.67 bits per heavy atom. The zero-order valence-electron chi connectivity index (χ0n) is 10.9. The van der Waals surface area contributed by atoms with E-state index in [0.717, 1.165) is 4.47 Å². The van der Waals surface area contributed by atoms with E-state index in [4.69, 9.17) is 0 Å². The van der Waals surface area contributed by atoms with Gasteiger partial charge in [-0.2, -0.15) is 0 Å². The molecule has 104 valence electrons. The molecule has 1 aromatic carbocycles. The molecule has 21 heavy (non-hydrogen) atoms. The van der Waals surface area contributed by atoms with Crippen LogP contribution in [0.3, 0.4) is 0 Å². The highest BCUT2D eigenvalue weighted by Crippen LogP contribution is 2.17. The summed E-state index contributed by atoms with van der Waals surface area (Å²) in [5, 5.41) is 7.04. The Kier molecular flexibility index (Phi) is 3.79. The van der Waals surface area contributed by atoms with Crippen molar-refractivity contribution in [2.24, 2.45) is 0 Å². The summed E-state index contributed by atoms with van der Waals surface area (Å²) in [6.45, 7) is 0. The van der Waals surface area contributed by atoms with Gasteiger partial charge in [0.15, 0.2) is 11.6 Å². The SMILES string of the molecule is O=C(Nc1ccn(-c2ccccn2)n1)c1ccccc1Br. The van der Waals surface area contributed by atoms with Gasteiger partial charge in [0.05, 0.1) is 5.56 Å². The van der Waals surface area contributed by atoms with E-state index in [2.05, 4.69) is 31.3 Å². The van der Waals surface area contributed by atoms with E-state index in [1.54, 1.807) is 29.2 Å². The van der Waals surface area contributed by atoms with Crippen molar-refractivity contribution in [3.8, 4) is 5.82 Å². The van der Waals surface area contributed by atoms with Crippen LogP contribution in [0.5, 0.6) is 0 Å². The quantitative estimate of drug-likeness (QED) is 0.794. The largest absolute Gasteiger partial charge is 0.305 e. The van der Waals surface area contributed by atoms with Gasteiger partial charge in [-0.3, -0.25) is 4.79 Å². The third kappa shape index (κ3) is 3.00. The Labute approximate surface area is 129 Å². The zero-order chi connectivity index (χ0) is 14.7. The van der Waals surface area contributed by atoms with E-state index < -0.39 is 0 Å². The highest BCUT2D eigenvalue weighted by atomic mass is 79.9. The van der Waals surface area contributed by atoms with Gasteiger partial charge in [-0.15, -0.1) is 5.10 Å². The van der Waals surface area contributed by atoms with Gasteiger partial charge in [-0.25, -0.2) is 9.67 Å². The van der Waals surface area contributed by atoms with Crippen LogP contribution >= 0.6 is 15.9 Å². The van der Waals surface area contributed by atoms with E-state index in [1.807, 2.05) is 36.4 Å². The maximum absolute atomic E-state index is 12.2. The van der Waals surface area contributed by atoms with E-state index in [-0.39, 0.29) is 5.91 Å². The topological polar surface area (TPSA) is 59.8 Å². The number of benzene rings is 1. The molecule has 3 aromatic rings. The van der Waals surface area contributed by atoms with Crippen LogP contribution in [-0.2, 0) is 0 Å². The highest BCUT2D eigenvalue weighted by Gasteiger charge is 2.11. The molecule has 0 spiro atoms. The number of hydrogen-bond acceptors (Lipinski definition) is 3. The summed E-state index contributed by atoms with van der Waals surface area (Å²) in [5.74, 6) is 0.953.